The van der Waals surface area contributed by atoms with Gasteiger partial charge in [-0.1, -0.05) is 11.8 Å². The van der Waals surface area contributed by atoms with Crippen LogP contribution in [0.15, 0.2) is 11.4 Å². The normalized spacial score (nSPS) is 10.2. The van der Waals surface area contributed by atoms with E-state index in [4.69, 9.17) is 5.11 Å². The molecule has 110 valence electrons. The van der Waals surface area contributed by atoms with E-state index in [0.717, 1.165) is 10.4 Å². The minimum Gasteiger partial charge on any atom is -0.384 e. The second-order valence-electron chi connectivity index (χ2n) is 3.71. The maximum absolute atomic E-state index is 11.8. The summed E-state index contributed by atoms with van der Waals surface area (Å²) >= 11 is 1.44. The molecule has 1 rings (SSSR count). The van der Waals surface area contributed by atoms with E-state index < -0.39 is 13.0 Å². The Morgan fingerprint density at radius 1 is 1.55 bits per heavy atom. The molecule has 0 aliphatic rings. The average molecular weight is 303 g/mol. The molecule has 2 N–H and O–H groups in total. The predicted octanol–water partition coefficient (Wildman–Crippen LogP) is 1.38. The third-order valence-electron chi connectivity index (χ3n) is 2.21. The zero-order valence-corrected chi connectivity index (χ0v) is 11.5. The summed E-state index contributed by atoms with van der Waals surface area (Å²) < 4.78 is 28.2. The molecule has 1 amide bonds. The minimum atomic E-state index is -2.52. The van der Waals surface area contributed by atoms with Gasteiger partial charge in [-0.25, -0.2) is 8.78 Å². The van der Waals surface area contributed by atoms with Crippen LogP contribution in [0.1, 0.15) is 16.9 Å². The molecule has 0 spiro atoms. The molecular weight excluding hydrogens is 288 g/mol. The molecular formula is C13H15F2NO3S. The Labute approximate surface area is 119 Å². The topological polar surface area (TPSA) is 58.6 Å². The maximum atomic E-state index is 11.8. The van der Waals surface area contributed by atoms with Crippen LogP contribution in [0, 0.1) is 11.8 Å². The first-order valence-electron chi connectivity index (χ1n) is 5.92. The molecule has 7 heteroatoms. The van der Waals surface area contributed by atoms with Crippen molar-refractivity contribution < 1.29 is 23.4 Å². The van der Waals surface area contributed by atoms with Crippen LogP contribution in [-0.2, 0) is 16.1 Å². The van der Waals surface area contributed by atoms with Gasteiger partial charge in [0.1, 0.15) is 13.2 Å². The van der Waals surface area contributed by atoms with Crippen molar-refractivity contribution in [2.45, 2.75) is 19.4 Å². The first-order valence-corrected chi connectivity index (χ1v) is 6.80. The summed E-state index contributed by atoms with van der Waals surface area (Å²) in [7, 11) is 0. The van der Waals surface area contributed by atoms with E-state index in [2.05, 4.69) is 21.9 Å². The van der Waals surface area contributed by atoms with Gasteiger partial charge >= 0.3 is 0 Å². The number of ether oxygens (including phenoxy) is 1. The van der Waals surface area contributed by atoms with E-state index in [1.807, 2.05) is 5.38 Å². The fourth-order valence-electron chi connectivity index (χ4n) is 1.33. The lowest BCUT2D eigenvalue weighted by Gasteiger charge is -2.05. The van der Waals surface area contributed by atoms with E-state index in [1.54, 1.807) is 6.07 Å². The summed E-state index contributed by atoms with van der Waals surface area (Å²) in [6.45, 7) is -0.583. The number of hydrogen-bond acceptors (Lipinski definition) is 4. The highest BCUT2D eigenvalue weighted by atomic mass is 32.1. The molecule has 0 atom stereocenters. The highest BCUT2D eigenvalue weighted by Gasteiger charge is 2.07. The van der Waals surface area contributed by atoms with Crippen molar-refractivity contribution in [3.8, 4) is 11.8 Å². The van der Waals surface area contributed by atoms with Gasteiger partial charge in [0.25, 0.3) is 6.43 Å². The Kier molecular flexibility index (Phi) is 7.80. The van der Waals surface area contributed by atoms with Gasteiger partial charge in [0, 0.05) is 16.9 Å². The molecule has 0 radical (unpaired) electrons. The molecule has 0 aliphatic heterocycles. The number of alkyl halides is 2. The molecule has 1 aromatic rings. The molecule has 0 aliphatic carbocycles. The molecule has 20 heavy (non-hydrogen) atoms. The summed E-state index contributed by atoms with van der Waals surface area (Å²) in [5, 5.41) is 13.1. The number of carbonyl (C=O) groups is 1. The van der Waals surface area contributed by atoms with Gasteiger partial charge in [0.05, 0.1) is 13.2 Å². The van der Waals surface area contributed by atoms with Crippen molar-refractivity contribution in [1.82, 2.24) is 5.32 Å². The smallest absolute Gasteiger partial charge is 0.261 e. The zero-order valence-electron chi connectivity index (χ0n) is 10.7. The third kappa shape index (κ3) is 6.61. The molecule has 0 saturated heterocycles. The first kappa shape index (κ1) is 16.6. The number of halogens is 2. The van der Waals surface area contributed by atoms with Gasteiger partial charge in [0.15, 0.2) is 0 Å². The Morgan fingerprint density at radius 3 is 3.05 bits per heavy atom. The molecule has 0 bridgehead atoms. The van der Waals surface area contributed by atoms with E-state index in [1.165, 1.54) is 11.3 Å². The second kappa shape index (κ2) is 9.42. The Balaban J connectivity index is 2.29. The van der Waals surface area contributed by atoms with Crippen LogP contribution in [-0.4, -0.2) is 37.3 Å². The van der Waals surface area contributed by atoms with Crippen molar-refractivity contribution in [2.24, 2.45) is 0 Å². The van der Waals surface area contributed by atoms with Crippen molar-refractivity contribution >= 4 is 17.2 Å². The van der Waals surface area contributed by atoms with E-state index in [0.29, 0.717) is 6.54 Å². The number of aliphatic hydroxyl groups is 1. The lowest BCUT2D eigenvalue weighted by atomic mass is 10.2. The molecule has 0 aromatic carbocycles. The van der Waals surface area contributed by atoms with Crippen LogP contribution in [0.4, 0.5) is 8.78 Å². The highest BCUT2D eigenvalue weighted by Crippen LogP contribution is 2.15. The molecule has 0 unspecified atom stereocenters. The Morgan fingerprint density at radius 2 is 2.35 bits per heavy atom. The molecule has 0 saturated carbocycles. The van der Waals surface area contributed by atoms with E-state index >= 15 is 0 Å². The van der Waals surface area contributed by atoms with Gasteiger partial charge < -0.3 is 15.2 Å². The number of nitrogens with one attached hydrogen (secondary N) is 1. The number of aliphatic hydroxyl groups excluding tert-OH is 1. The van der Waals surface area contributed by atoms with Crippen LogP contribution < -0.4 is 5.32 Å². The molecule has 4 nitrogen and oxygen atoms in total. The Hall–Kier alpha value is -1.49. The van der Waals surface area contributed by atoms with Crippen LogP contribution >= 0.6 is 11.3 Å². The lowest BCUT2D eigenvalue weighted by Crippen LogP contribution is -2.24. The quantitative estimate of drug-likeness (QED) is 0.591. The highest BCUT2D eigenvalue weighted by molar-refractivity contribution is 7.10. The molecule has 1 heterocycles. The van der Waals surface area contributed by atoms with Crippen molar-refractivity contribution in [1.29, 1.82) is 0 Å². The number of amides is 1. The van der Waals surface area contributed by atoms with E-state index in [9.17, 15) is 13.6 Å². The monoisotopic (exact) mass is 303 g/mol. The van der Waals surface area contributed by atoms with Gasteiger partial charge in [0.2, 0.25) is 5.91 Å². The van der Waals surface area contributed by atoms with Crippen LogP contribution in [0.25, 0.3) is 0 Å². The summed E-state index contributed by atoms with van der Waals surface area (Å²) in [6, 6.07) is 1.81. The number of carbonyl (C=O) groups excluding carboxylic acids is 1. The van der Waals surface area contributed by atoms with Gasteiger partial charge in [-0.15, -0.1) is 11.3 Å². The number of rotatable bonds is 7. The van der Waals surface area contributed by atoms with Gasteiger partial charge in [-0.2, -0.15) is 0 Å². The average Bonchev–Trinajstić information content (AvgIpc) is 2.86. The van der Waals surface area contributed by atoms with Gasteiger partial charge in [-0.3, -0.25) is 4.79 Å². The second-order valence-corrected chi connectivity index (χ2v) is 4.71. The number of thiophene rings is 1. The standard InChI is InChI=1S/C13H15F2NO3S/c14-12(15)9-19-6-3-13(18)16-8-11-10(2-1-5-17)4-7-20-11/h4,7,12,17H,3,5-6,8-9H2,(H,16,18). The summed E-state index contributed by atoms with van der Waals surface area (Å²) in [5.41, 5.74) is 0.762. The fraction of sp³-hybridized carbons (Fsp3) is 0.462. The molecule has 1 aromatic heterocycles. The summed E-state index contributed by atoms with van der Waals surface area (Å²) in [5.74, 6) is 5.05. The zero-order chi connectivity index (χ0) is 14.8. The lowest BCUT2D eigenvalue weighted by molar-refractivity contribution is -0.122. The van der Waals surface area contributed by atoms with Crippen molar-refractivity contribution in [3.63, 3.8) is 0 Å². The van der Waals surface area contributed by atoms with Gasteiger partial charge in [-0.05, 0) is 11.4 Å². The Bertz CT molecular complexity index is 479. The predicted molar refractivity (Wildman–Crippen MR) is 71.6 cm³/mol. The largest absolute Gasteiger partial charge is 0.384 e. The number of hydrogen-bond donors (Lipinski definition) is 2. The third-order valence-corrected chi connectivity index (χ3v) is 3.13. The fourth-order valence-corrected chi connectivity index (χ4v) is 2.10. The summed E-state index contributed by atoms with van der Waals surface area (Å²) in [6.07, 6.45) is -2.48. The van der Waals surface area contributed by atoms with Crippen molar-refractivity contribution in [2.75, 3.05) is 19.8 Å². The van der Waals surface area contributed by atoms with Crippen LogP contribution in [0.2, 0.25) is 0 Å². The first-order chi connectivity index (χ1) is 9.63. The van der Waals surface area contributed by atoms with Crippen molar-refractivity contribution in [3.05, 3.63) is 21.9 Å². The van der Waals surface area contributed by atoms with Crippen LogP contribution in [0.5, 0.6) is 0 Å². The molecule has 0 fully saturated rings. The SMILES string of the molecule is O=C(CCOCC(F)F)NCc1sccc1C#CCO. The summed E-state index contributed by atoms with van der Waals surface area (Å²) in [4.78, 5) is 12.3. The minimum absolute atomic E-state index is 0.0300. The maximum Gasteiger partial charge on any atom is 0.261 e. The van der Waals surface area contributed by atoms with E-state index in [-0.39, 0.29) is 25.5 Å². The van der Waals surface area contributed by atoms with Crippen LogP contribution in [0.3, 0.4) is 0 Å².